The van der Waals surface area contributed by atoms with Crippen LogP contribution in [0.5, 0.6) is 0 Å². The molecule has 0 aliphatic carbocycles. The summed E-state index contributed by atoms with van der Waals surface area (Å²) in [5.41, 5.74) is 8.64. The first-order chi connectivity index (χ1) is 9.04. The summed E-state index contributed by atoms with van der Waals surface area (Å²) < 4.78 is 5.73. The van der Waals surface area contributed by atoms with Crippen LogP contribution < -0.4 is 16.0 Å². The Morgan fingerprint density at radius 2 is 2.00 bits per heavy atom. The minimum atomic E-state index is -0.536. The van der Waals surface area contributed by atoms with E-state index in [1.54, 1.807) is 0 Å². The third-order valence-electron chi connectivity index (χ3n) is 3.70. The third-order valence-corrected chi connectivity index (χ3v) is 3.70. The van der Waals surface area contributed by atoms with Crippen molar-refractivity contribution < 1.29 is 9.53 Å². The van der Waals surface area contributed by atoms with Crippen molar-refractivity contribution in [2.75, 3.05) is 23.3 Å². The number of rotatable bonds is 1. The number of hydrogen-bond donors (Lipinski definition) is 2. The van der Waals surface area contributed by atoms with Crippen LogP contribution in [0.3, 0.4) is 0 Å². The Balaban J connectivity index is 1.87. The summed E-state index contributed by atoms with van der Waals surface area (Å²) in [7, 11) is 0. The zero-order valence-electron chi connectivity index (χ0n) is 11.2. The molecule has 3 unspecified atom stereocenters. The first-order valence-corrected chi connectivity index (χ1v) is 6.65. The Bertz CT molecular complexity index is 507. The summed E-state index contributed by atoms with van der Waals surface area (Å²) in [5, 5.41) is 2.83. The highest BCUT2D eigenvalue weighted by molar-refractivity contribution is 6.02. The number of carbonyl (C=O) groups is 1. The smallest absolute Gasteiger partial charge is 0.245 e. The molecule has 5 nitrogen and oxygen atoms in total. The third kappa shape index (κ3) is 2.19. The van der Waals surface area contributed by atoms with Gasteiger partial charge in [0.15, 0.2) is 0 Å². The molecule has 2 aliphatic heterocycles. The highest BCUT2D eigenvalue weighted by atomic mass is 16.5. The Morgan fingerprint density at radius 3 is 2.68 bits per heavy atom. The number of nitrogens with zero attached hydrogens (tertiary/aromatic N) is 1. The minimum Gasteiger partial charge on any atom is -0.372 e. The van der Waals surface area contributed by atoms with Crippen molar-refractivity contribution in [2.45, 2.75) is 32.1 Å². The molecule has 1 saturated heterocycles. The first-order valence-electron chi connectivity index (χ1n) is 6.65. The number of carbonyl (C=O) groups excluding carboxylic acids is 1. The normalized spacial score (nSPS) is 30.2. The predicted molar refractivity (Wildman–Crippen MR) is 74.2 cm³/mol. The van der Waals surface area contributed by atoms with E-state index in [4.69, 9.17) is 10.5 Å². The van der Waals surface area contributed by atoms with Gasteiger partial charge < -0.3 is 20.7 Å². The summed E-state index contributed by atoms with van der Waals surface area (Å²) in [5.74, 6) is -0.129. The van der Waals surface area contributed by atoms with Gasteiger partial charge in [-0.2, -0.15) is 0 Å². The number of benzene rings is 1. The van der Waals surface area contributed by atoms with Gasteiger partial charge in [-0.15, -0.1) is 0 Å². The van der Waals surface area contributed by atoms with E-state index in [1.165, 1.54) is 0 Å². The molecule has 102 valence electrons. The van der Waals surface area contributed by atoms with Crippen molar-refractivity contribution in [1.82, 2.24) is 0 Å². The Kier molecular flexibility index (Phi) is 2.95. The van der Waals surface area contributed by atoms with Crippen LogP contribution in [0.15, 0.2) is 18.2 Å². The second kappa shape index (κ2) is 4.51. The van der Waals surface area contributed by atoms with Gasteiger partial charge in [-0.05, 0) is 26.0 Å². The van der Waals surface area contributed by atoms with Gasteiger partial charge in [0.25, 0.3) is 0 Å². The van der Waals surface area contributed by atoms with Crippen LogP contribution in [-0.4, -0.2) is 31.2 Å². The van der Waals surface area contributed by atoms with Gasteiger partial charge in [-0.3, -0.25) is 4.79 Å². The van der Waals surface area contributed by atoms with E-state index in [2.05, 4.69) is 24.1 Å². The van der Waals surface area contributed by atoms with E-state index < -0.39 is 6.04 Å². The molecule has 1 aromatic carbocycles. The van der Waals surface area contributed by atoms with Gasteiger partial charge in [-0.1, -0.05) is 6.07 Å². The van der Waals surface area contributed by atoms with E-state index in [-0.39, 0.29) is 18.1 Å². The van der Waals surface area contributed by atoms with Crippen molar-refractivity contribution in [2.24, 2.45) is 5.73 Å². The lowest BCUT2D eigenvalue weighted by molar-refractivity contribution is -0.116. The minimum absolute atomic E-state index is 0.129. The maximum atomic E-state index is 11.6. The molecule has 3 rings (SSSR count). The van der Waals surface area contributed by atoms with Crippen LogP contribution in [0.4, 0.5) is 11.4 Å². The van der Waals surface area contributed by atoms with Crippen LogP contribution in [0.25, 0.3) is 0 Å². The summed E-state index contributed by atoms with van der Waals surface area (Å²) in [6, 6.07) is 5.44. The Labute approximate surface area is 112 Å². The average Bonchev–Trinajstić information content (AvgIpc) is 2.63. The number of fused-ring (bicyclic) bond motifs is 1. The highest BCUT2D eigenvalue weighted by Crippen LogP contribution is 2.33. The van der Waals surface area contributed by atoms with E-state index >= 15 is 0 Å². The number of anilines is 2. The van der Waals surface area contributed by atoms with Gasteiger partial charge in [0, 0.05) is 30.0 Å². The van der Waals surface area contributed by atoms with Crippen LogP contribution >= 0.6 is 0 Å². The molecule has 19 heavy (non-hydrogen) atoms. The van der Waals surface area contributed by atoms with E-state index in [0.29, 0.717) is 0 Å². The molecule has 1 fully saturated rings. The van der Waals surface area contributed by atoms with Crippen LogP contribution in [-0.2, 0) is 9.53 Å². The molecule has 5 heteroatoms. The first kappa shape index (κ1) is 12.4. The monoisotopic (exact) mass is 261 g/mol. The maximum Gasteiger partial charge on any atom is 0.245 e. The molecular weight excluding hydrogens is 242 g/mol. The largest absolute Gasteiger partial charge is 0.372 e. The zero-order chi connectivity index (χ0) is 13.6. The number of ether oxygens (including phenoxy) is 1. The zero-order valence-corrected chi connectivity index (χ0v) is 11.2. The van der Waals surface area contributed by atoms with Crippen molar-refractivity contribution in [1.29, 1.82) is 0 Å². The number of morpholine rings is 1. The second-order valence-electron chi connectivity index (χ2n) is 5.40. The predicted octanol–water partition coefficient (Wildman–Crippen LogP) is 1.25. The van der Waals surface area contributed by atoms with Gasteiger partial charge in [0.1, 0.15) is 6.04 Å². The molecular formula is C14H19N3O2. The number of amides is 1. The Hall–Kier alpha value is -1.59. The molecule has 3 atom stereocenters. The molecule has 1 amide bonds. The summed E-state index contributed by atoms with van der Waals surface area (Å²) in [6.07, 6.45) is 0.433. The van der Waals surface area contributed by atoms with Gasteiger partial charge in [0.05, 0.1) is 12.2 Å². The lowest BCUT2D eigenvalue weighted by Crippen LogP contribution is -2.45. The lowest BCUT2D eigenvalue weighted by Gasteiger charge is -2.37. The van der Waals surface area contributed by atoms with E-state index in [1.807, 2.05) is 18.2 Å². The molecule has 0 saturated carbocycles. The number of nitrogens with one attached hydrogen (secondary N) is 1. The quantitative estimate of drug-likeness (QED) is 0.798. The van der Waals surface area contributed by atoms with Crippen LogP contribution in [0.1, 0.15) is 25.5 Å². The molecule has 0 bridgehead atoms. The summed E-state index contributed by atoms with van der Waals surface area (Å²) in [4.78, 5) is 13.8. The molecule has 2 aliphatic rings. The maximum absolute atomic E-state index is 11.6. The standard InChI is InChI=1S/C14H19N3O2/c1-8-6-17(7-9(2)19-8)10-3-4-11-12(5-10)16-14(18)13(11)15/h3-5,8-9,13H,6-7,15H2,1-2H3,(H,16,18). The Morgan fingerprint density at radius 1 is 1.32 bits per heavy atom. The fourth-order valence-electron chi connectivity index (χ4n) is 2.86. The molecule has 2 heterocycles. The molecule has 0 spiro atoms. The van der Waals surface area contributed by atoms with Crippen LogP contribution in [0.2, 0.25) is 0 Å². The van der Waals surface area contributed by atoms with Crippen molar-refractivity contribution in [3.63, 3.8) is 0 Å². The van der Waals surface area contributed by atoms with Crippen LogP contribution in [0, 0.1) is 0 Å². The number of hydrogen-bond acceptors (Lipinski definition) is 4. The molecule has 0 radical (unpaired) electrons. The van der Waals surface area contributed by atoms with Crippen molar-refractivity contribution in [3.05, 3.63) is 23.8 Å². The molecule has 3 N–H and O–H groups in total. The fourth-order valence-corrected chi connectivity index (χ4v) is 2.86. The van der Waals surface area contributed by atoms with Gasteiger partial charge in [-0.25, -0.2) is 0 Å². The van der Waals surface area contributed by atoms with E-state index in [0.717, 1.165) is 30.0 Å². The van der Waals surface area contributed by atoms with Crippen molar-refractivity contribution >= 4 is 17.3 Å². The molecule has 1 aromatic rings. The SMILES string of the molecule is CC1CN(c2ccc3c(c2)NC(=O)C3N)CC(C)O1. The van der Waals surface area contributed by atoms with Gasteiger partial charge >= 0.3 is 0 Å². The second-order valence-corrected chi connectivity index (χ2v) is 5.40. The summed E-state index contributed by atoms with van der Waals surface area (Å²) in [6.45, 7) is 5.88. The topological polar surface area (TPSA) is 67.6 Å². The summed E-state index contributed by atoms with van der Waals surface area (Å²) >= 11 is 0. The van der Waals surface area contributed by atoms with Crippen molar-refractivity contribution in [3.8, 4) is 0 Å². The lowest BCUT2D eigenvalue weighted by atomic mass is 10.1. The van der Waals surface area contributed by atoms with Gasteiger partial charge in [0.2, 0.25) is 5.91 Å². The van der Waals surface area contributed by atoms with E-state index in [9.17, 15) is 4.79 Å². The average molecular weight is 261 g/mol. The fraction of sp³-hybridized carbons (Fsp3) is 0.500. The highest BCUT2D eigenvalue weighted by Gasteiger charge is 2.28. The molecule has 0 aromatic heterocycles. The number of nitrogens with two attached hydrogens (primary N) is 1.